The Hall–Kier alpha value is -2.69. The van der Waals surface area contributed by atoms with E-state index in [4.69, 9.17) is 0 Å². The molecule has 0 unspecified atom stereocenters. The van der Waals surface area contributed by atoms with Crippen molar-refractivity contribution in [1.29, 1.82) is 0 Å². The molecular weight excluding hydrogens is 254 g/mol. The van der Waals surface area contributed by atoms with Gasteiger partial charge >= 0.3 is 0 Å². The number of nitrogens with zero attached hydrogens (tertiary/aromatic N) is 3. The SMILES string of the molecule is Cc1cccnc1Cn1ccc2cc([N+](=O)[O-])ccc21. The van der Waals surface area contributed by atoms with Crippen molar-refractivity contribution in [2.24, 2.45) is 0 Å². The number of benzene rings is 1. The van der Waals surface area contributed by atoms with E-state index in [1.165, 1.54) is 6.07 Å². The number of hydrogen-bond acceptors (Lipinski definition) is 3. The number of aryl methyl sites for hydroxylation is 1. The van der Waals surface area contributed by atoms with Gasteiger partial charge in [-0.05, 0) is 30.7 Å². The van der Waals surface area contributed by atoms with Crippen LogP contribution in [-0.2, 0) is 6.54 Å². The minimum absolute atomic E-state index is 0.115. The van der Waals surface area contributed by atoms with Crippen LogP contribution in [0.5, 0.6) is 0 Å². The summed E-state index contributed by atoms with van der Waals surface area (Å²) in [5.74, 6) is 0. The molecule has 0 radical (unpaired) electrons. The van der Waals surface area contributed by atoms with Gasteiger partial charge in [0.05, 0.1) is 17.2 Å². The van der Waals surface area contributed by atoms with Crippen molar-refractivity contribution in [1.82, 2.24) is 9.55 Å². The summed E-state index contributed by atoms with van der Waals surface area (Å²) in [6, 6.07) is 10.7. The standard InChI is InChI=1S/C15H13N3O2/c1-11-3-2-7-16-14(11)10-17-8-6-12-9-13(18(19)20)4-5-15(12)17/h2-9H,10H2,1H3. The second-order valence-electron chi connectivity index (χ2n) is 4.71. The number of fused-ring (bicyclic) bond motifs is 1. The lowest BCUT2D eigenvalue weighted by Gasteiger charge is -2.07. The van der Waals surface area contributed by atoms with Gasteiger partial charge in [-0.2, -0.15) is 0 Å². The van der Waals surface area contributed by atoms with E-state index in [0.29, 0.717) is 6.54 Å². The first-order valence-corrected chi connectivity index (χ1v) is 6.29. The van der Waals surface area contributed by atoms with Gasteiger partial charge in [-0.15, -0.1) is 0 Å². The molecule has 0 aliphatic heterocycles. The quantitative estimate of drug-likeness (QED) is 0.540. The minimum Gasteiger partial charge on any atom is -0.341 e. The zero-order valence-electron chi connectivity index (χ0n) is 11.0. The van der Waals surface area contributed by atoms with Crippen molar-refractivity contribution in [2.45, 2.75) is 13.5 Å². The fourth-order valence-corrected chi connectivity index (χ4v) is 2.28. The summed E-state index contributed by atoms with van der Waals surface area (Å²) < 4.78 is 2.05. The molecule has 20 heavy (non-hydrogen) atoms. The zero-order valence-corrected chi connectivity index (χ0v) is 11.0. The van der Waals surface area contributed by atoms with E-state index < -0.39 is 0 Å². The monoisotopic (exact) mass is 267 g/mol. The number of rotatable bonds is 3. The third-order valence-corrected chi connectivity index (χ3v) is 3.40. The number of non-ortho nitro benzene ring substituents is 1. The van der Waals surface area contributed by atoms with Gasteiger partial charge in [0, 0.05) is 35.4 Å². The molecule has 100 valence electrons. The molecule has 0 aliphatic rings. The Kier molecular flexibility index (Phi) is 2.95. The Morgan fingerprint density at radius 2 is 2.15 bits per heavy atom. The van der Waals surface area contributed by atoms with Crippen molar-refractivity contribution in [3.63, 3.8) is 0 Å². The predicted molar refractivity (Wildman–Crippen MR) is 76.7 cm³/mol. The molecule has 0 spiro atoms. The molecule has 1 aromatic carbocycles. The van der Waals surface area contributed by atoms with Crippen LogP contribution in [0.2, 0.25) is 0 Å². The van der Waals surface area contributed by atoms with Crippen LogP contribution in [0.1, 0.15) is 11.3 Å². The number of hydrogen-bond donors (Lipinski definition) is 0. The number of aromatic nitrogens is 2. The van der Waals surface area contributed by atoms with Crippen molar-refractivity contribution < 1.29 is 4.92 Å². The second kappa shape index (κ2) is 4.77. The minimum atomic E-state index is -0.375. The maximum absolute atomic E-state index is 10.8. The summed E-state index contributed by atoms with van der Waals surface area (Å²) in [6.45, 7) is 2.69. The second-order valence-corrected chi connectivity index (χ2v) is 4.71. The molecule has 0 bridgehead atoms. The first kappa shape index (κ1) is 12.3. The average Bonchev–Trinajstić information content (AvgIpc) is 2.84. The molecule has 0 saturated carbocycles. The molecule has 5 nitrogen and oxygen atoms in total. The van der Waals surface area contributed by atoms with Gasteiger partial charge in [0.25, 0.3) is 5.69 Å². The Labute approximate surface area is 115 Å². The van der Waals surface area contributed by atoms with Crippen molar-refractivity contribution in [2.75, 3.05) is 0 Å². The maximum atomic E-state index is 10.8. The van der Waals surface area contributed by atoms with Gasteiger partial charge in [0.2, 0.25) is 0 Å². The van der Waals surface area contributed by atoms with Crippen LogP contribution in [0.15, 0.2) is 48.8 Å². The third-order valence-electron chi connectivity index (χ3n) is 3.40. The van der Waals surface area contributed by atoms with Crippen LogP contribution < -0.4 is 0 Å². The van der Waals surface area contributed by atoms with Crippen molar-refractivity contribution >= 4 is 16.6 Å². The lowest BCUT2D eigenvalue weighted by atomic mass is 10.2. The first-order chi connectivity index (χ1) is 9.65. The van der Waals surface area contributed by atoms with E-state index in [1.54, 1.807) is 18.3 Å². The Morgan fingerprint density at radius 3 is 2.90 bits per heavy atom. The first-order valence-electron chi connectivity index (χ1n) is 6.29. The molecule has 0 saturated heterocycles. The number of nitro benzene ring substituents is 1. The van der Waals surface area contributed by atoms with Crippen LogP contribution in [0.4, 0.5) is 5.69 Å². The van der Waals surface area contributed by atoms with Gasteiger partial charge in [-0.1, -0.05) is 6.07 Å². The number of pyridine rings is 1. The molecular formula is C15H13N3O2. The largest absolute Gasteiger partial charge is 0.341 e. The fraction of sp³-hybridized carbons (Fsp3) is 0.133. The average molecular weight is 267 g/mol. The predicted octanol–water partition coefficient (Wildman–Crippen LogP) is 3.30. The Bertz CT molecular complexity index is 793. The van der Waals surface area contributed by atoms with Gasteiger partial charge in [0.15, 0.2) is 0 Å². The van der Waals surface area contributed by atoms with Crippen LogP contribution in [0.3, 0.4) is 0 Å². The van der Waals surface area contributed by atoms with Crippen LogP contribution in [-0.4, -0.2) is 14.5 Å². The lowest BCUT2D eigenvalue weighted by molar-refractivity contribution is -0.384. The molecule has 0 atom stereocenters. The Balaban J connectivity index is 2.01. The van der Waals surface area contributed by atoms with Gasteiger partial charge in [0.1, 0.15) is 0 Å². The topological polar surface area (TPSA) is 61.0 Å². The summed E-state index contributed by atoms with van der Waals surface area (Å²) >= 11 is 0. The molecule has 2 heterocycles. The van der Waals surface area contributed by atoms with Crippen LogP contribution >= 0.6 is 0 Å². The molecule has 0 aliphatic carbocycles. The van der Waals surface area contributed by atoms with Gasteiger partial charge in [-0.25, -0.2) is 0 Å². The van der Waals surface area contributed by atoms with Crippen LogP contribution in [0, 0.1) is 17.0 Å². The lowest BCUT2D eigenvalue weighted by Crippen LogP contribution is -2.02. The maximum Gasteiger partial charge on any atom is 0.270 e. The highest BCUT2D eigenvalue weighted by molar-refractivity contribution is 5.82. The summed E-state index contributed by atoms with van der Waals surface area (Å²) in [7, 11) is 0. The van der Waals surface area contributed by atoms with E-state index in [-0.39, 0.29) is 10.6 Å². The number of nitro groups is 1. The highest BCUT2D eigenvalue weighted by atomic mass is 16.6. The van der Waals surface area contributed by atoms with E-state index in [0.717, 1.165) is 22.2 Å². The summed E-state index contributed by atoms with van der Waals surface area (Å²) in [5, 5.41) is 11.6. The van der Waals surface area contributed by atoms with E-state index in [1.807, 2.05) is 35.9 Å². The van der Waals surface area contributed by atoms with Crippen molar-refractivity contribution in [3.05, 3.63) is 70.2 Å². The molecule has 0 N–H and O–H groups in total. The molecule has 0 amide bonds. The van der Waals surface area contributed by atoms with E-state index in [2.05, 4.69) is 4.98 Å². The van der Waals surface area contributed by atoms with Gasteiger partial charge < -0.3 is 4.57 Å². The van der Waals surface area contributed by atoms with E-state index >= 15 is 0 Å². The zero-order chi connectivity index (χ0) is 14.1. The summed E-state index contributed by atoms with van der Waals surface area (Å²) in [4.78, 5) is 14.8. The molecule has 2 aromatic heterocycles. The van der Waals surface area contributed by atoms with Crippen LogP contribution in [0.25, 0.3) is 10.9 Å². The summed E-state index contributed by atoms with van der Waals surface area (Å²) in [6.07, 6.45) is 3.71. The van der Waals surface area contributed by atoms with Crippen molar-refractivity contribution in [3.8, 4) is 0 Å². The smallest absolute Gasteiger partial charge is 0.270 e. The fourth-order valence-electron chi connectivity index (χ4n) is 2.28. The normalized spacial score (nSPS) is 10.8. The molecule has 3 aromatic rings. The Morgan fingerprint density at radius 1 is 1.30 bits per heavy atom. The molecule has 5 heteroatoms. The summed E-state index contributed by atoms with van der Waals surface area (Å²) in [5.41, 5.74) is 3.23. The third kappa shape index (κ3) is 2.14. The van der Waals surface area contributed by atoms with Gasteiger partial charge in [-0.3, -0.25) is 15.1 Å². The highest BCUT2D eigenvalue weighted by Gasteiger charge is 2.09. The highest BCUT2D eigenvalue weighted by Crippen LogP contribution is 2.22. The molecule has 3 rings (SSSR count). The van der Waals surface area contributed by atoms with E-state index in [9.17, 15) is 10.1 Å². The molecule has 0 fully saturated rings.